The van der Waals surface area contributed by atoms with Crippen molar-refractivity contribution in [2.24, 2.45) is 0 Å². The number of rotatable bonds is 3. The molecule has 0 saturated carbocycles. The van der Waals surface area contributed by atoms with Crippen LogP contribution in [0.3, 0.4) is 0 Å². The van der Waals surface area contributed by atoms with Crippen LogP contribution in [-0.2, 0) is 6.54 Å². The van der Waals surface area contributed by atoms with E-state index < -0.39 is 0 Å². The lowest BCUT2D eigenvalue weighted by molar-refractivity contribution is 0.419. The summed E-state index contributed by atoms with van der Waals surface area (Å²) >= 11 is 0. The molecule has 21 heavy (non-hydrogen) atoms. The molecule has 0 atom stereocenters. The van der Waals surface area contributed by atoms with Crippen molar-refractivity contribution in [3.8, 4) is 5.75 Å². The van der Waals surface area contributed by atoms with Crippen molar-refractivity contribution in [3.63, 3.8) is 0 Å². The lowest BCUT2D eigenvalue weighted by Gasteiger charge is -2.12. The maximum Gasteiger partial charge on any atom is 0.265 e. The monoisotopic (exact) mass is 280 g/mol. The Morgan fingerprint density at radius 3 is 2.57 bits per heavy atom. The molecule has 0 amide bonds. The summed E-state index contributed by atoms with van der Waals surface area (Å²) in [6, 6.07) is 15.3. The van der Waals surface area contributed by atoms with Crippen LogP contribution >= 0.6 is 0 Å². The first-order valence-electron chi connectivity index (χ1n) is 6.79. The number of benzene rings is 2. The van der Waals surface area contributed by atoms with Gasteiger partial charge in [0.2, 0.25) is 0 Å². The summed E-state index contributed by atoms with van der Waals surface area (Å²) < 4.78 is 6.98. The molecule has 3 rings (SSSR count). The fraction of sp³-hybridized carbons (Fsp3) is 0.176. The molecule has 4 heteroatoms. The van der Waals surface area contributed by atoms with E-state index in [9.17, 15) is 4.79 Å². The molecule has 0 saturated heterocycles. The van der Waals surface area contributed by atoms with Crippen molar-refractivity contribution >= 4 is 10.9 Å². The van der Waals surface area contributed by atoms with Crippen LogP contribution in [0.25, 0.3) is 10.9 Å². The van der Waals surface area contributed by atoms with Gasteiger partial charge in [0.25, 0.3) is 5.56 Å². The van der Waals surface area contributed by atoms with Crippen LogP contribution in [0.15, 0.2) is 53.3 Å². The Balaban J connectivity index is 2.21. The molecule has 0 bridgehead atoms. The third-order valence-electron chi connectivity index (χ3n) is 3.54. The first kappa shape index (κ1) is 13.4. The van der Waals surface area contributed by atoms with E-state index in [2.05, 4.69) is 4.98 Å². The van der Waals surface area contributed by atoms with E-state index in [4.69, 9.17) is 4.74 Å². The van der Waals surface area contributed by atoms with E-state index in [1.807, 2.05) is 49.4 Å². The zero-order valence-electron chi connectivity index (χ0n) is 12.0. The molecular formula is C17H16N2O2. The zero-order valence-corrected chi connectivity index (χ0v) is 12.0. The Bertz CT molecular complexity index is 839. The Morgan fingerprint density at radius 1 is 1.10 bits per heavy atom. The smallest absolute Gasteiger partial charge is 0.265 e. The zero-order chi connectivity index (χ0) is 14.8. The van der Waals surface area contributed by atoms with Crippen LogP contribution in [0.2, 0.25) is 0 Å². The Hall–Kier alpha value is -2.62. The molecule has 2 aromatic carbocycles. The van der Waals surface area contributed by atoms with Gasteiger partial charge in [0.05, 0.1) is 19.2 Å². The van der Waals surface area contributed by atoms with E-state index in [0.717, 1.165) is 5.56 Å². The quantitative estimate of drug-likeness (QED) is 0.741. The minimum atomic E-state index is -0.0706. The molecule has 106 valence electrons. The summed E-state index contributed by atoms with van der Waals surface area (Å²) in [6.07, 6.45) is 0. The number of aryl methyl sites for hydroxylation is 1. The maximum atomic E-state index is 12.8. The van der Waals surface area contributed by atoms with Crippen LogP contribution in [0.5, 0.6) is 5.75 Å². The number of aromatic nitrogens is 2. The van der Waals surface area contributed by atoms with Crippen molar-refractivity contribution in [1.29, 1.82) is 0 Å². The number of nitrogens with zero attached hydrogens (tertiary/aromatic N) is 2. The van der Waals surface area contributed by atoms with Gasteiger partial charge >= 0.3 is 0 Å². The summed E-state index contributed by atoms with van der Waals surface area (Å²) in [7, 11) is 1.57. The van der Waals surface area contributed by atoms with Crippen molar-refractivity contribution in [1.82, 2.24) is 9.55 Å². The SMILES string of the molecule is COc1cccc2nc(C)n(Cc3ccccc3)c(=O)c12. The number of fused-ring (bicyclic) bond motifs is 1. The fourth-order valence-electron chi connectivity index (χ4n) is 2.47. The largest absolute Gasteiger partial charge is 0.496 e. The second-order valence-electron chi connectivity index (χ2n) is 4.89. The predicted octanol–water partition coefficient (Wildman–Crippen LogP) is 2.76. The fourth-order valence-corrected chi connectivity index (χ4v) is 2.47. The molecule has 3 aromatic rings. The molecule has 4 nitrogen and oxygen atoms in total. The van der Waals surface area contributed by atoms with E-state index in [1.165, 1.54) is 0 Å². The normalized spacial score (nSPS) is 10.8. The van der Waals surface area contributed by atoms with Crippen molar-refractivity contribution in [2.45, 2.75) is 13.5 Å². The topological polar surface area (TPSA) is 44.1 Å². The van der Waals surface area contributed by atoms with E-state index >= 15 is 0 Å². The van der Waals surface area contributed by atoms with Crippen LogP contribution in [0.1, 0.15) is 11.4 Å². The number of ether oxygens (including phenoxy) is 1. The molecule has 0 radical (unpaired) electrons. The van der Waals surface area contributed by atoms with Gasteiger partial charge in [-0.15, -0.1) is 0 Å². The second-order valence-corrected chi connectivity index (χ2v) is 4.89. The van der Waals surface area contributed by atoms with Gasteiger partial charge in [0, 0.05) is 0 Å². The summed E-state index contributed by atoms with van der Waals surface area (Å²) in [5.41, 5.74) is 1.67. The van der Waals surface area contributed by atoms with Gasteiger partial charge < -0.3 is 4.74 Å². The van der Waals surface area contributed by atoms with Crippen LogP contribution in [0, 0.1) is 6.92 Å². The summed E-state index contributed by atoms with van der Waals surface area (Å²) in [5, 5.41) is 0.529. The number of hydrogen-bond donors (Lipinski definition) is 0. The predicted molar refractivity (Wildman–Crippen MR) is 82.8 cm³/mol. The van der Waals surface area contributed by atoms with Gasteiger partial charge in [-0.1, -0.05) is 36.4 Å². The van der Waals surface area contributed by atoms with E-state index in [0.29, 0.717) is 29.0 Å². The first-order valence-corrected chi connectivity index (χ1v) is 6.79. The molecule has 1 heterocycles. The summed E-state index contributed by atoms with van der Waals surface area (Å²) in [4.78, 5) is 17.3. The second kappa shape index (κ2) is 5.40. The lowest BCUT2D eigenvalue weighted by Crippen LogP contribution is -2.24. The highest BCUT2D eigenvalue weighted by Crippen LogP contribution is 2.20. The molecular weight excluding hydrogens is 264 g/mol. The average molecular weight is 280 g/mol. The van der Waals surface area contributed by atoms with E-state index in [-0.39, 0.29) is 5.56 Å². The highest BCUT2D eigenvalue weighted by atomic mass is 16.5. The Kier molecular flexibility index (Phi) is 3.44. The molecule has 0 fully saturated rings. The number of methoxy groups -OCH3 is 1. The van der Waals surface area contributed by atoms with Crippen LogP contribution in [0.4, 0.5) is 0 Å². The minimum absolute atomic E-state index is 0.0706. The average Bonchev–Trinajstić information content (AvgIpc) is 2.51. The number of hydrogen-bond acceptors (Lipinski definition) is 3. The van der Waals surface area contributed by atoms with Crippen molar-refractivity contribution in [2.75, 3.05) is 7.11 Å². The molecule has 0 aliphatic rings. The van der Waals surface area contributed by atoms with Gasteiger partial charge in [-0.05, 0) is 24.6 Å². The van der Waals surface area contributed by atoms with Gasteiger partial charge in [-0.2, -0.15) is 0 Å². The van der Waals surface area contributed by atoms with Gasteiger partial charge in [0.1, 0.15) is 17.0 Å². The molecule has 0 aliphatic heterocycles. The molecule has 0 aliphatic carbocycles. The highest BCUT2D eigenvalue weighted by molar-refractivity contribution is 5.84. The van der Waals surface area contributed by atoms with Gasteiger partial charge in [-0.3, -0.25) is 9.36 Å². The Morgan fingerprint density at radius 2 is 1.86 bits per heavy atom. The third-order valence-corrected chi connectivity index (χ3v) is 3.54. The van der Waals surface area contributed by atoms with Gasteiger partial charge in [-0.25, -0.2) is 4.98 Å². The maximum absolute atomic E-state index is 12.8. The van der Waals surface area contributed by atoms with E-state index in [1.54, 1.807) is 17.7 Å². The Labute approximate surface area is 122 Å². The van der Waals surface area contributed by atoms with Crippen LogP contribution < -0.4 is 10.3 Å². The summed E-state index contributed by atoms with van der Waals surface area (Å²) in [6.45, 7) is 2.36. The summed E-state index contributed by atoms with van der Waals surface area (Å²) in [5.74, 6) is 1.26. The first-order chi connectivity index (χ1) is 10.2. The molecule has 1 aromatic heterocycles. The third kappa shape index (κ3) is 2.40. The van der Waals surface area contributed by atoms with Gasteiger partial charge in [0.15, 0.2) is 0 Å². The van der Waals surface area contributed by atoms with Crippen molar-refractivity contribution < 1.29 is 4.74 Å². The molecule has 0 N–H and O–H groups in total. The van der Waals surface area contributed by atoms with Crippen molar-refractivity contribution in [3.05, 3.63) is 70.3 Å². The standard InChI is InChI=1S/C17H16N2O2/c1-12-18-14-9-6-10-15(21-2)16(14)17(20)19(12)11-13-7-4-3-5-8-13/h3-10H,11H2,1-2H3. The van der Waals surface area contributed by atoms with Crippen LogP contribution in [-0.4, -0.2) is 16.7 Å². The molecule has 0 spiro atoms. The molecule has 0 unspecified atom stereocenters. The minimum Gasteiger partial charge on any atom is -0.496 e. The lowest BCUT2D eigenvalue weighted by atomic mass is 10.2. The highest BCUT2D eigenvalue weighted by Gasteiger charge is 2.12.